The molecule has 0 amide bonds. The lowest BCUT2D eigenvalue weighted by atomic mass is 10.2. The Morgan fingerprint density at radius 2 is 1.74 bits per heavy atom. The van der Waals surface area contributed by atoms with Crippen molar-refractivity contribution in [2.24, 2.45) is 0 Å². The number of ether oxygens (including phenoxy) is 2. The van der Waals surface area contributed by atoms with Crippen LogP contribution in [0.4, 0.5) is 0 Å². The minimum atomic E-state index is -3.79. The van der Waals surface area contributed by atoms with Crippen LogP contribution < -0.4 is 4.74 Å². The van der Waals surface area contributed by atoms with Gasteiger partial charge in [-0.3, -0.25) is 4.68 Å². The van der Waals surface area contributed by atoms with E-state index in [1.54, 1.807) is 10.9 Å². The fourth-order valence-corrected chi connectivity index (χ4v) is 5.70. The van der Waals surface area contributed by atoms with E-state index in [9.17, 15) is 13.2 Å². The Bertz CT molecular complexity index is 1220. The molecule has 4 rings (SSSR count). The summed E-state index contributed by atoms with van der Waals surface area (Å²) in [5, 5.41) is 4.31. The Hall–Kier alpha value is -3.17. The van der Waals surface area contributed by atoms with Gasteiger partial charge in [0.1, 0.15) is 17.3 Å². The van der Waals surface area contributed by atoms with Crippen molar-refractivity contribution in [3.8, 4) is 5.75 Å². The number of carbonyl (C=O) groups excluding carboxylic acids is 1. The maximum Gasteiger partial charge on any atom is 0.338 e. The second kappa shape index (κ2) is 10.8. The van der Waals surface area contributed by atoms with E-state index in [1.807, 2.05) is 36.5 Å². The van der Waals surface area contributed by atoms with Crippen molar-refractivity contribution in [1.82, 2.24) is 14.1 Å². The number of hydrogen-bond acceptors (Lipinski definition) is 6. The molecule has 1 fully saturated rings. The Kier molecular flexibility index (Phi) is 7.64. The van der Waals surface area contributed by atoms with Gasteiger partial charge in [-0.15, -0.1) is 0 Å². The van der Waals surface area contributed by atoms with Gasteiger partial charge in [-0.1, -0.05) is 43.2 Å². The molecule has 1 saturated heterocycles. The Morgan fingerprint density at radius 1 is 1.00 bits per heavy atom. The summed E-state index contributed by atoms with van der Waals surface area (Å²) < 4.78 is 40.6. The summed E-state index contributed by atoms with van der Waals surface area (Å²) in [4.78, 5) is 12.7. The van der Waals surface area contributed by atoms with E-state index in [4.69, 9.17) is 9.47 Å². The molecule has 0 N–H and O–H groups in total. The standard InChI is InChI=1S/C25H29N3O5S/c1-32-23-12-11-22(15-24(23)34(30,31)28-13-7-2-3-8-14-28)25(29)33-19-21-16-26-27(18-21)17-20-9-5-4-6-10-20/h4-6,9-12,15-16,18H,2-3,7-8,13-14,17,19H2,1H3. The van der Waals surface area contributed by atoms with Crippen molar-refractivity contribution in [3.05, 3.63) is 77.6 Å². The number of hydrogen-bond donors (Lipinski definition) is 0. The minimum Gasteiger partial charge on any atom is -0.495 e. The molecule has 0 radical (unpaired) electrons. The van der Waals surface area contributed by atoms with Crippen molar-refractivity contribution in [2.75, 3.05) is 20.2 Å². The summed E-state index contributed by atoms with van der Waals surface area (Å²) in [5.41, 5.74) is 2.02. The molecular weight excluding hydrogens is 454 g/mol. The quantitative estimate of drug-likeness (QED) is 0.452. The molecule has 0 unspecified atom stereocenters. The van der Waals surface area contributed by atoms with Crippen molar-refractivity contribution in [2.45, 2.75) is 43.7 Å². The van der Waals surface area contributed by atoms with E-state index in [1.165, 1.54) is 29.6 Å². The van der Waals surface area contributed by atoms with Gasteiger partial charge in [-0.05, 0) is 36.6 Å². The molecule has 1 aromatic heterocycles. The lowest BCUT2D eigenvalue weighted by Gasteiger charge is -2.21. The monoisotopic (exact) mass is 483 g/mol. The normalized spacial score (nSPS) is 15.0. The van der Waals surface area contributed by atoms with Crippen LogP contribution in [0, 0.1) is 0 Å². The fourth-order valence-electron chi connectivity index (χ4n) is 4.00. The van der Waals surface area contributed by atoms with E-state index in [2.05, 4.69) is 5.10 Å². The number of nitrogens with zero attached hydrogens (tertiary/aromatic N) is 3. The number of sulfonamides is 1. The summed E-state index contributed by atoms with van der Waals surface area (Å²) in [5.74, 6) is -0.395. The largest absolute Gasteiger partial charge is 0.495 e. The van der Waals surface area contributed by atoms with Crippen LogP contribution in [0.1, 0.15) is 47.2 Å². The van der Waals surface area contributed by atoms with Crippen LogP contribution in [-0.4, -0.2) is 48.7 Å². The molecule has 3 aromatic rings. The van der Waals surface area contributed by atoms with Crippen LogP contribution in [0.5, 0.6) is 5.75 Å². The summed E-state index contributed by atoms with van der Waals surface area (Å²) in [6.07, 6.45) is 7.14. The molecule has 8 nitrogen and oxygen atoms in total. The average Bonchev–Trinajstić information content (AvgIpc) is 3.11. The lowest BCUT2D eigenvalue weighted by molar-refractivity contribution is 0.0472. The highest BCUT2D eigenvalue weighted by Gasteiger charge is 2.29. The molecule has 2 heterocycles. The van der Waals surface area contributed by atoms with Gasteiger partial charge in [0.05, 0.1) is 25.4 Å². The van der Waals surface area contributed by atoms with Gasteiger partial charge in [0, 0.05) is 24.8 Å². The fraction of sp³-hybridized carbons (Fsp3) is 0.360. The van der Waals surface area contributed by atoms with Crippen LogP contribution in [0.15, 0.2) is 65.8 Å². The maximum absolute atomic E-state index is 13.3. The maximum atomic E-state index is 13.3. The number of benzene rings is 2. The van der Waals surface area contributed by atoms with E-state index in [-0.39, 0.29) is 22.8 Å². The first kappa shape index (κ1) is 24.0. The molecule has 0 spiro atoms. The van der Waals surface area contributed by atoms with E-state index >= 15 is 0 Å². The zero-order valence-corrected chi connectivity index (χ0v) is 20.0. The molecule has 1 aliphatic rings. The zero-order chi connectivity index (χ0) is 24.0. The van der Waals surface area contributed by atoms with E-state index in [0.29, 0.717) is 19.6 Å². The number of methoxy groups -OCH3 is 1. The van der Waals surface area contributed by atoms with E-state index in [0.717, 1.165) is 36.8 Å². The first-order chi connectivity index (χ1) is 16.5. The molecule has 34 heavy (non-hydrogen) atoms. The lowest BCUT2D eigenvalue weighted by Crippen LogP contribution is -2.32. The van der Waals surface area contributed by atoms with Gasteiger partial charge in [-0.2, -0.15) is 9.40 Å². The van der Waals surface area contributed by atoms with Gasteiger partial charge in [0.25, 0.3) is 0 Å². The second-order valence-electron chi connectivity index (χ2n) is 8.29. The van der Waals surface area contributed by atoms with Crippen LogP contribution in [0.25, 0.3) is 0 Å². The predicted octanol–water partition coefficient (Wildman–Crippen LogP) is 3.86. The number of rotatable bonds is 8. The summed E-state index contributed by atoms with van der Waals surface area (Å²) >= 11 is 0. The van der Waals surface area contributed by atoms with Crippen LogP contribution in [0.3, 0.4) is 0 Å². The molecule has 0 bridgehead atoms. The van der Waals surface area contributed by atoms with Crippen LogP contribution >= 0.6 is 0 Å². The molecule has 1 aliphatic heterocycles. The molecule has 180 valence electrons. The molecule has 0 atom stereocenters. The minimum absolute atomic E-state index is 0.0120. The van der Waals surface area contributed by atoms with Crippen molar-refractivity contribution >= 4 is 16.0 Å². The highest BCUT2D eigenvalue weighted by atomic mass is 32.2. The topological polar surface area (TPSA) is 90.7 Å². The Morgan fingerprint density at radius 3 is 2.44 bits per heavy atom. The number of carbonyl (C=O) groups is 1. The van der Waals surface area contributed by atoms with Gasteiger partial charge < -0.3 is 9.47 Å². The second-order valence-corrected chi connectivity index (χ2v) is 10.2. The van der Waals surface area contributed by atoms with Crippen LogP contribution in [-0.2, 0) is 27.9 Å². The first-order valence-corrected chi connectivity index (χ1v) is 12.8. The van der Waals surface area contributed by atoms with E-state index < -0.39 is 16.0 Å². The van der Waals surface area contributed by atoms with Crippen molar-refractivity contribution in [1.29, 1.82) is 0 Å². The average molecular weight is 484 g/mol. The Balaban J connectivity index is 1.45. The van der Waals surface area contributed by atoms with Gasteiger partial charge in [-0.25, -0.2) is 13.2 Å². The van der Waals surface area contributed by atoms with Gasteiger partial charge >= 0.3 is 5.97 Å². The molecule has 9 heteroatoms. The highest BCUT2D eigenvalue weighted by Crippen LogP contribution is 2.29. The van der Waals surface area contributed by atoms with Gasteiger partial charge in [0.15, 0.2) is 0 Å². The third-order valence-corrected chi connectivity index (χ3v) is 7.75. The van der Waals surface area contributed by atoms with Gasteiger partial charge in [0.2, 0.25) is 10.0 Å². The summed E-state index contributed by atoms with van der Waals surface area (Å²) in [6, 6.07) is 14.3. The highest BCUT2D eigenvalue weighted by molar-refractivity contribution is 7.89. The third kappa shape index (κ3) is 5.66. The number of esters is 1. The molecule has 2 aromatic carbocycles. The summed E-state index contributed by atoms with van der Waals surface area (Å²) in [6.45, 7) is 1.58. The number of aromatic nitrogens is 2. The predicted molar refractivity (Wildman–Crippen MR) is 127 cm³/mol. The van der Waals surface area contributed by atoms with Crippen LogP contribution in [0.2, 0.25) is 0 Å². The summed E-state index contributed by atoms with van der Waals surface area (Å²) in [7, 11) is -2.37. The molecular formula is C25H29N3O5S. The Labute approximate surface area is 200 Å². The SMILES string of the molecule is COc1ccc(C(=O)OCc2cnn(Cc3ccccc3)c2)cc1S(=O)(=O)N1CCCCCC1. The zero-order valence-electron chi connectivity index (χ0n) is 19.2. The molecule has 0 aliphatic carbocycles. The van der Waals surface area contributed by atoms with Crippen molar-refractivity contribution in [3.63, 3.8) is 0 Å². The smallest absolute Gasteiger partial charge is 0.338 e. The molecule has 0 saturated carbocycles. The first-order valence-electron chi connectivity index (χ1n) is 11.4. The van der Waals surface area contributed by atoms with Crippen molar-refractivity contribution < 1.29 is 22.7 Å². The third-order valence-electron chi connectivity index (χ3n) is 5.83.